The molecular weight excluding hydrogens is 322 g/mol. The minimum absolute atomic E-state index is 0.148. The molecule has 8 nitrogen and oxygen atoms in total. The van der Waals surface area contributed by atoms with Crippen LogP contribution >= 0.6 is 0 Å². The Morgan fingerprint density at radius 2 is 1.92 bits per heavy atom. The summed E-state index contributed by atoms with van der Waals surface area (Å²) in [6.07, 6.45) is 0. The lowest BCUT2D eigenvalue weighted by Gasteiger charge is -2.10. The molecule has 2 aromatic rings. The lowest BCUT2D eigenvalue weighted by atomic mass is 10.2. The van der Waals surface area contributed by atoms with Gasteiger partial charge in [0.1, 0.15) is 17.3 Å². The quantitative estimate of drug-likeness (QED) is 0.663. The van der Waals surface area contributed by atoms with Crippen LogP contribution < -0.4 is 16.0 Å². The van der Waals surface area contributed by atoms with Crippen LogP contribution in [-0.4, -0.2) is 42.0 Å². The number of nitrogens with zero attached hydrogens (tertiary/aromatic N) is 2. The maximum absolute atomic E-state index is 12.1. The first-order valence-corrected chi connectivity index (χ1v) is 7.75. The van der Waals surface area contributed by atoms with Crippen molar-refractivity contribution in [2.45, 2.75) is 13.8 Å². The summed E-state index contributed by atoms with van der Waals surface area (Å²) in [5, 5.41) is 8.55. The lowest BCUT2D eigenvalue weighted by Crippen LogP contribution is -2.28. The maximum atomic E-state index is 12.1. The summed E-state index contributed by atoms with van der Waals surface area (Å²) in [5.74, 6) is 0.520. The van der Waals surface area contributed by atoms with E-state index in [4.69, 9.17) is 4.74 Å². The van der Waals surface area contributed by atoms with Crippen LogP contribution in [0.1, 0.15) is 23.2 Å². The minimum Gasteiger partial charge on any atom is -0.383 e. The zero-order chi connectivity index (χ0) is 18.2. The lowest BCUT2D eigenvalue weighted by molar-refractivity contribution is -0.114. The second-order valence-electron chi connectivity index (χ2n) is 5.32. The summed E-state index contributed by atoms with van der Waals surface area (Å²) < 4.78 is 4.90. The molecule has 8 heteroatoms. The van der Waals surface area contributed by atoms with Gasteiger partial charge in [-0.05, 0) is 25.1 Å². The summed E-state index contributed by atoms with van der Waals surface area (Å²) in [5.41, 5.74) is 1.67. The first kappa shape index (κ1) is 18.3. The highest BCUT2D eigenvalue weighted by Gasteiger charge is 2.10. The third-order valence-electron chi connectivity index (χ3n) is 3.12. The Morgan fingerprint density at radius 1 is 1.16 bits per heavy atom. The van der Waals surface area contributed by atoms with E-state index in [1.54, 1.807) is 38.3 Å². The predicted molar refractivity (Wildman–Crippen MR) is 95.0 cm³/mol. The van der Waals surface area contributed by atoms with Crippen LogP contribution in [0.5, 0.6) is 0 Å². The summed E-state index contributed by atoms with van der Waals surface area (Å²) in [6.45, 7) is 3.99. The van der Waals surface area contributed by atoms with Gasteiger partial charge in [0.25, 0.3) is 5.91 Å². The van der Waals surface area contributed by atoms with E-state index in [1.165, 1.54) is 6.92 Å². The molecule has 1 aromatic carbocycles. The number of hydrogen-bond acceptors (Lipinski definition) is 6. The number of nitrogens with one attached hydrogen (secondary N) is 3. The van der Waals surface area contributed by atoms with E-state index in [2.05, 4.69) is 25.9 Å². The molecule has 1 heterocycles. The van der Waals surface area contributed by atoms with Crippen molar-refractivity contribution in [3.8, 4) is 0 Å². The molecule has 3 N–H and O–H groups in total. The van der Waals surface area contributed by atoms with E-state index in [-0.39, 0.29) is 17.5 Å². The van der Waals surface area contributed by atoms with E-state index in [0.29, 0.717) is 30.5 Å². The standard InChI is InChI=1S/C17H21N5O3/c1-11-19-15(17(24)18-7-8-25-3)10-16(20-11)22-14-6-4-5-13(9-14)21-12(2)23/h4-6,9-10H,7-8H2,1-3H3,(H,18,24)(H,21,23)(H,19,20,22). The molecule has 1 aromatic heterocycles. The number of aryl methyl sites for hydroxylation is 1. The maximum Gasteiger partial charge on any atom is 0.270 e. The molecule has 2 amide bonds. The van der Waals surface area contributed by atoms with E-state index >= 15 is 0 Å². The molecule has 0 aliphatic heterocycles. The van der Waals surface area contributed by atoms with Gasteiger partial charge in [-0.1, -0.05) is 6.07 Å². The zero-order valence-electron chi connectivity index (χ0n) is 14.4. The van der Waals surface area contributed by atoms with Crippen LogP contribution in [0.15, 0.2) is 30.3 Å². The Balaban J connectivity index is 2.14. The number of carbonyl (C=O) groups excluding carboxylic acids is 2. The molecule has 0 radical (unpaired) electrons. The van der Waals surface area contributed by atoms with Crippen molar-refractivity contribution >= 4 is 29.0 Å². The predicted octanol–water partition coefficient (Wildman–Crippen LogP) is 1.86. The fourth-order valence-electron chi connectivity index (χ4n) is 2.13. The van der Waals surface area contributed by atoms with Crippen molar-refractivity contribution in [2.24, 2.45) is 0 Å². The molecule has 0 aliphatic carbocycles. The highest BCUT2D eigenvalue weighted by Crippen LogP contribution is 2.19. The van der Waals surface area contributed by atoms with Crippen LogP contribution in [0.4, 0.5) is 17.2 Å². The number of benzene rings is 1. The smallest absolute Gasteiger partial charge is 0.270 e. The average Bonchev–Trinajstić information content (AvgIpc) is 2.54. The van der Waals surface area contributed by atoms with Crippen LogP contribution in [0.2, 0.25) is 0 Å². The van der Waals surface area contributed by atoms with Crippen molar-refractivity contribution in [3.05, 3.63) is 41.9 Å². The number of rotatable bonds is 7. The molecule has 0 bridgehead atoms. The second-order valence-corrected chi connectivity index (χ2v) is 5.32. The Morgan fingerprint density at radius 3 is 2.64 bits per heavy atom. The summed E-state index contributed by atoms with van der Waals surface area (Å²) in [6, 6.07) is 8.77. The van der Waals surface area contributed by atoms with Gasteiger partial charge in [-0.3, -0.25) is 9.59 Å². The SMILES string of the molecule is COCCNC(=O)c1cc(Nc2cccc(NC(C)=O)c2)nc(C)n1. The van der Waals surface area contributed by atoms with Gasteiger partial charge in [0.2, 0.25) is 5.91 Å². The number of hydrogen-bond donors (Lipinski definition) is 3. The number of amides is 2. The van der Waals surface area contributed by atoms with Gasteiger partial charge in [0.05, 0.1) is 6.61 Å². The fourth-order valence-corrected chi connectivity index (χ4v) is 2.13. The zero-order valence-corrected chi connectivity index (χ0v) is 14.4. The Labute approximate surface area is 146 Å². The number of carbonyl (C=O) groups is 2. The van der Waals surface area contributed by atoms with Gasteiger partial charge in [0.15, 0.2) is 0 Å². The number of methoxy groups -OCH3 is 1. The van der Waals surface area contributed by atoms with Crippen molar-refractivity contribution in [3.63, 3.8) is 0 Å². The van der Waals surface area contributed by atoms with Gasteiger partial charge < -0.3 is 20.7 Å². The van der Waals surface area contributed by atoms with Crippen LogP contribution in [-0.2, 0) is 9.53 Å². The van der Waals surface area contributed by atoms with Gasteiger partial charge in [0, 0.05) is 38.0 Å². The van der Waals surface area contributed by atoms with E-state index < -0.39 is 0 Å². The monoisotopic (exact) mass is 343 g/mol. The summed E-state index contributed by atoms with van der Waals surface area (Å²) >= 11 is 0. The molecule has 0 saturated heterocycles. The highest BCUT2D eigenvalue weighted by molar-refractivity contribution is 5.93. The molecule has 0 aliphatic rings. The first-order valence-electron chi connectivity index (χ1n) is 7.75. The van der Waals surface area contributed by atoms with Crippen LogP contribution in [0.3, 0.4) is 0 Å². The van der Waals surface area contributed by atoms with Crippen molar-refractivity contribution in [1.29, 1.82) is 0 Å². The van der Waals surface area contributed by atoms with Gasteiger partial charge in [-0.2, -0.15) is 0 Å². The third-order valence-corrected chi connectivity index (χ3v) is 3.12. The molecule has 0 atom stereocenters. The molecule has 0 fully saturated rings. The van der Waals surface area contributed by atoms with Gasteiger partial charge >= 0.3 is 0 Å². The number of anilines is 3. The minimum atomic E-state index is -0.294. The van der Waals surface area contributed by atoms with E-state index in [1.807, 2.05) is 6.07 Å². The Kier molecular flexibility index (Phi) is 6.41. The van der Waals surface area contributed by atoms with E-state index in [0.717, 1.165) is 5.69 Å². The van der Waals surface area contributed by atoms with Crippen molar-refractivity contribution in [1.82, 2.24) is 15.3 Å². The Hall–Kier alpha value is -3.00. The topological polar surface area (TPSA) is 105 Å². The van der Waals surface area contributed by atoms with Crippen molar-refractivity contribution in [2.75, 3.05) is 30.9 Å². The normalized spacial score (nSPS) is 10.2. The number of aromatic nitrogens is 2. The molecule has 0 spiro atoms. The summed E-state index contributed by atoms with van der Waals surface area (Å²) in [4.78, 5) is 31.7. The molecule has 0 unspecified atom stereocenters. The Bertz CT molecular complexity index is 764. The average molecular weight is 343 g/mol. The fraction of sp³-hybridized carbons (Fsp3) is 0.294. The van der Waals surface area contributed by atoms with Crippen molar-refractivity contribution < 1.29 is 14.3 Å². The molecule has 132 valence electrons. The van der Waals surface area contributed by atoms with E-state index in [9.17, 15) is 9.59 Å². The molecule has 25 heavy (non-hydrogen) atoms. The number of ether oxygens (including phenoxy) is 1. The first-order chi connectivity index (χ1) is 12.0. The molecule has 0 saturated carbocycles. The molecule has 2 rings (SSSR count). The van der Waals surface area contributed by atoms with Crippen LogP contribution in [0.25, 0.3) is 0 Å². The summed E-state index contributed by atoms with van der Waals surface area (Å²) in [7, 11) is 1.57. The van der Waals surface area contributed by atoms with Crippen LogP contribution in [0, 0.1) is 6.92 Å². The second kappa shape index (κ2) is 8.74. The largest absolute Gasteiger partial charge is 0.383 e. The van der Waals surface area contributed by atoms with Gasteiger partial charge in [-0.25, -0.2) is 9.97 Å². The molecular formula is C17H21N5O3. The highest BCUT2D eigenvalue weighted by atomic mass is 16.5. The van der Waals surface area contributed by atoms with Gasteiger partial charge in [-0.15, -0.1) is 0 Å². The third kappa shape index (κ3) is 5.85.